The molecular weight excluding hydrogens is 846 g/mol. The van der Waals surface area contributed by atoms with Gasteiger partial charge in [0, 0.05) is 55.0 Å². The van der Waals surface area contributed by atoms with E-state index in [9.17, 15) is 0 Å². The van der Waals surface area contributed by atoms with Crippen LogP contribution in [-0.4, -0.2) is 55.7 Å². The summed E-state index contributed by atoms with van der Waals surface area (Å²) in [7, 11) is 2.04. The lowest BCUT2D eigenvalue weighted by Gasteiger charge is -2.20. The number of nitrogens with two attached hydrogens (primary N) is 1. The molecule has 0 saturated heterocycles. The Labute approximate surface area is 381 Å². The maximum atomic E-state index is 5.91. The number of thioether (sulfide) groups is 3. The molecule has 314 valence electrons. The van der Waals surface area contributed by atoms with E-state index < -0.39 is 0 Å². The number of aryl methyl sites for hydroxylation is 3. The number of nitrogens with one attached hydrogen (secondary N) is 1. The predicted molar refractivity (Wildman–Crippen MR) is 268 cm³/mol. The van der Waals surface area contributed by atoms with Crippen LogP contribution in [-0.2, 0) is 0 Å². The average molecular weight is 895 g/mol. The van der Waals surface area contributed by atoms with Gasteiger partial charge in [0.05, 0.1) is 16.6 Å². The summed E-state index contributed by atoms with van der Waals surface area (Å²) in [4.78, 5) is 32.3. The largest absolute Gasteiger partial charge is 0.399 e. The summed E-state index contributed by atoms with van der Waals surface area (Å²) >= 11 is 11.1. The number of fused-ring (bicyclic) bond motifs is 3. The molecule has 0 saturated carbocycles. The van der Waals surface area contributed by atoms with Crippen LogP contribution in [0, 0.1) is 20.8 Å². The third-order valence-corrected chi connectivity index (χ3v) is 11.8. The molecule has 3 N–H and O–H groups in total. The molecule has 0 amide bonds. The second-order valence-corrected chi connectivity index (χ2v) is 16.7. The Hall–Kier alpha value is -5.92. The first kappa shape index (κ1) is 45.6. The van der Waals surface area contributed by atoms with Crippen LogP contribution in [0.1, 0.15) is 17.5 Å². The van der Waals surface area contributed by atoms with Crippen molar-refractivity contribution in [2.45, 2.75) is 35.5 Å². The van der Waals surface area contributed by atoms with E-state index >= 15 is 0 Å². The minimum atomic E-state index is 0.526. The zero-order valence-corrected chi connectivity index (χ0v) is 38.9. The number of halogens is 1. The fourth-order valence-corrected chi connectivity index (χ4v) is 7.71. The molecule has 0 aliphatic heterocycles. The van der Waals surface area contributed by atoms with Gasteiger partial charge in [-0.05, 0) is 149 Å². The van der Waals surface area contributed by atoms with Gasteiger partial charge in [-0.2, -0.15) is 0 Å². The molecule has 0 fully saturated rings. The first-order chi connectivity index (χ1) is 30.0. The third-order valence-electron chi connectivity index (χ3n) is 9.32. The minimum Gasteiger partial charge on any atom is -0.399 e. The van der Waals surface area contributed by atoms with E-state index in [0.29, 0.717) is 11.0 Å². The Morgan fingerprint density at radius 2 is 0.903 bits per heavy atom. The van der Waals surface area contributed by atoms with Crippen molar-refractivity contribution in [1.29, 1.82) is 0 Å². The Morgan fingerprint density at radius 1 is 0.484 bits per heavy atom. The molecule has 0 radical (unpaired) electrons. The first-order valence-electron chi connectivity index (χ1n) is 19.6. The van der Waals surface area contributed by atoms with Gasteiger partial charge in [-0.1, -0.05) is 48.0 Å². The van der Waals surface area contributed by atoms with Gasteiger partial charge in [-0.25, -0.2) is 29.9 Å². The van der Waals surface area contributed by atoms with Crippen LogP contribution in [0.4, 0.5) is 28.7 Å². The van der Waals surface area contributed by atoms with Gasteiger partial charge in [-0.3, -0.25) is 0 Å². The van der Waals surface area contributed by atoms with E-state index in [1.807, 2.05) is 125 Å². The number of nitrogens with zero attached hydrogens (tertiary/aromatic N) is 7. The molecule has 3 heterocycles. The van der Waals surface area contributed by atoms with E-state index in [4.69, 9.17) is 17.3 Å². The smallest absolute Gasteiger partial charge is 0.144 e. The van der Waals surface area contributed by atoms with Crippen molar-refractivity contribution in [1.82, 2.24) is 29.9 Å². The highest BCUT2D eigenvalue weighted by Crippen LogP contribution is 2.30. The SMILES string of the molecule is CSc1ccc(N(C)c2nc(C)nc3ccccc23)cc1.CSc1ccc(N)cc1.CSc1ccc(Nc2nc(C)nc3ccccc23)cc1.Cc1nc(Cl)c2ccccc2n1. The van der Waals surface area contributed by atoms with Gasteiger partial charge >= 0.3 is 0 Å². The van der Waals surface area contributed by atoms with Crippen LogP contribution in [0.15, 0.2) is 160 Å². The molecule has 3 aromatic heterocycles. The number of anilines is 5. The third kappa shape index (κ3) is 12.3. The van der Waals surface area contributed by atoms with Crippen molar-refractivity contribution in [2.75, 3.05) is 41.8 Å². The predicted octanol–water partition coefficient (Wildman–Crippen LogP) is 13.4. The highest BCUT2D eigenvalue weighted by Gasteiger charge is 2.12. The molecule has 0 bridgehead atoms. The normalized spacial score (nSPS) is 10.5. The van der Waals surface area contributed by atoms with E-state index in [1.165, 1.54) is 14.7 Å². The number of benzene rings is 6. The molecule has 0 aliphatic carbocycles. The van der Waals surface area contributed by atoms with E-state index in [0.717, 1.165) is 73.1 Å². The average Bonchev–Trinajstić information content (AvgIpc) is 3.29. The summed E-state index contributed by atoms with van der Waals surface area (Å²) in [5.74, 6) is 4.06. The van der Waals surface area contributed by atoms with E-state index in [-0.39, 0.29) is 0 Å². The lowest BCUT2D eigenvalue weighted by molar-refractivity contribution is 1.04. The van der Waals surface area contributed by atoms with Crippen LogP contribution in [0.2, 0.25) is 5.15 Å². The molecule has 0 spiro atoms. The summed E-state index contributed by atoms with van der Waals surface area (Å²) < 4.78 is 0. The summed E-state index contributed by atoms with van der Waals surface area (Å²) in [6, 6.07) is 48.5. The lowest BCUT2D eigenvalue weighted by Crippen LogP contribution is -2.12. The summed E-state index contributed by atoms with van der Waals surface area (Å²) in [6.45, 7) is 5.67. The van der Waals surface area contributed by atoms with Gasteiger partial charge in [0.15, 0.2) is 0 Å². The fraction of sp³-hybridized carbons (Fsp3) is 0.143. The van der Waals surface area contributed by atoms with Crippen LogP contribution in [0.25, 0.3) is 32.7 Å². The fourth-order valence-electron chi connectivity index (χ4n) is 6.21. The van der Waals surface area contributed by atoms with Gasteiger partial charge in [0.1, 0.15) is 34.3 Å². The zero-order valence-electron chi connectivity index (χ0n) is 35.7. The maximum Gasteiger partial charge on any atom is 0.144 e. The van der Waals surface area contributed by atoms with E-state index in [1.54, 1.807) is 35.3 Å². The van der Waals surface area contributed by atoms with Crippen molar-refractivity contribution in [2.24, 2.45) is 0 Å². The molecule has 9 rings (SSSR count). The monoisotopic (exact) mass is 893 g/mol. The quantitative estimate of drug-likeness (QED) is 0.0900. The molecule has 0 aliphatic rings. The molecule has 13 heteroatoms. The molecule has 6 aromatic carbocycles. The number of nitrogen functional groups attached to an aromatic ring is 1. The Balaban J connectivity index is 0.000000145. The first-order valence-corrected chi connectivity index (χ1v) is 23.6. The Morgan fingerprint density at radius 3 is 1.45 bits per heavy atom. The highest BCUT2D eigenvalue weighted by atomic mass is 35.5. The van der Waals surface area contributed by atoms with Crippen LogP contribution >= 0.6 is 46.9 Å². The molecule has 62 heavy (non-hydrogen) atoms. The molecule has 0 unspecified atom stereocenters. The van der Waals surface area contributed by atoms with Crippen molar-refractivity contribution in [3.63, 3.8) is 0 Å². The number of rotatable bonds is 7. The number of aromatic nitrogens is 6. The lowest BCUT2D eigenvalue weighted by atomic mass is 10.2. The molecule has 9 nitrogen and oxygen atoms in total. The van der Waals surface area contributed by atoms with Crippen LogP contribution in [0.3, 0.4) is 0 Å². The summed E-state index contributed by atoms with van der Waals surface area (Å²) in [5, 5.41) is 6.92. The number of hydrogen-bond acceptors (Lipinski definition) is 12. The molecular formula is C49H48ClN9S3. The standard InChI is InChI=1S/C17H17N3S.C16H15N3S.C9H7ClN2.C7H9NS/c1-12-18-16-7-5-4-6-15(16)17(19-12)20(2)13-8-10-14(21-3)11-9-13;1-11-17-15-6-4-3-5-14(15)16(18-11)19-12-7-9-13(20-2)10-8-12;1-6-11-8-5-3-2-4-7(8)9(10)12-6;1-9-7-4-2-6(8)3-5-7/h4-11H,1-3H3;3-10H,1-2H3,(H,17,18,19);2-5H,1H3;2-5H,8H2,1H3. The second kappa shape index (κ2) is 22.3. The summed E-state index contributed by atoms with van der Waals surface area (Å²) in [6.07, 6.45) is 6.20. The molecule has 0 atom stereocenters. The van der Waals surface area contributed by atoms with Crippen molar-refractivity contribution < 1.29 is 0 Å². The second-order valence-electron chi connectivity index (χ2n) is 13.7. The van der Waals surface area contributed by atoms with E-state index in [2.05, 4.69) is 107 Å². The van der Waals surface area contributed by atoms with Gasteiger partial charge < -0.3 is 16.0 Å². The molecule has 9 aromatic rings. The van der Waals surface area contributed by atoms with Crippen LogP contribution < -0.4 is 16.0 Å². The van der Waals surface area contributed by atoms with Gasteiger partial charge in [0.25, 0.3) is 0 Å². The number of hydrogen-bond donors (Lipinski definition) is 2. The minimum absolute atomic E-state index is 0.526. The van der Waals surface area contributed by atoms with Crippen molar-refractivity contribution in [3.05, 3.63) is 168 Å². The maximum absolute atomic E-state index is 5.91. The Bertz CT molecular complexity index is 2860. The highest BCUT2D eigenvalue weighted by molar-refractivity contribution is 7.99. The number of para-hydroxylation sites is 3. The van der Waals surface area contributed by atoms with Gasteiger partial charge in [0.2, 0.25) is 0 Å². The van der Waals surface area contributed by atoms with Crippen molar-refractivity contribution >= 4 is 108 Å². The van der Waals surface area contributed by atoms with Gasteiger partial charge in [-0.15, -0.1) is 35.3 Å². The summed E-state index contributed by atoms with van der Waals surface area (Å²) in [5.41, 5.74) is 11.3. The Kier molecular flexibility index (Phi) is 16.4. The topological polar surface area (TPSA) is 119 Å². The zero-order chi connectivity index (χ0) is 44.0. The van der Waals surface area contributed by atoms with Crippen molar-refractivity contribution in [3.8, 4) is 0 Å². The van der Waals surface area contributed by atoms with Crippen LogP contribution in [0.5, 0.6) is 0 Å².